The second kappa shape index (κ2) is 8.23. The van der Waals surface area contributed by atoms with E-state index in [1.165, 1.54) is 22.3 Å². The van der Waals surface area contributed by atoms with Gasteiger partial charge in [0.25, 0.3) is 0 Å². The lowest BCUT2D eigenvalue weighted by Crippen LogP contribution is -2.54. The standard InChI is InChI=1S/C21H28N4O2/c26-20(13-19-21(27)24-11-10-23-19)25-18-3-1-2-16-12-15(4-5-17(16)18)14-6-8-22-9-7-14/h4-6,12,18-19,22-23H,1-3,7-11,13H2,(H,24,27)(H,25,26)/t18-,19?/m1/s1. The van der Waals surface area contributed by atoms with Crippen molar-refractivity contribution in [1.29, 1.82) is 0 Å². The van der Waals surface area contributed by atoms with Crippen LogP contribution in [0, 0.1) is 0 Å². The van der Waals surface area contributed by atoms with Gasteiger partial charge >= 0.3 is 0 Å². The molecule has 0 aromatic heterocycles. The fourth-order valence-corrected chi connectivity index (χ4v) is 4.30. The van der Waals surface area contributed by atoms with Gasteiger partial charge in [-0.05, 0) is 54.5 Å². The van der Waals surface area contributed by atoms with Crippen LogP contribution in [0.4, 0.5) is 0 Å². The lowest BCUT2D eigenvalue weighted by atomic mass is 9.85. The van der Waals surface area contributed by atoms with Crippen molar-refractivity contribution in [2.45, 2.75) is 44.2 Å². The molecule has 0 spiro atoms. The Balaban J connectivity index is 1.44. The summed E-state index contributed by atoms with van der Waals surface area (Å²) >= 11 is 0. The number of aryl methyl sites for hydroxylation is 1. The lowest BCUT2D eigenvalue weighted by Gasteiger charge is -2.29. The Morgan fingerprint density at radius 2 is 2.11 bits per heavy atom. The van der Waals surface area contributed by atoms with Gasteiger partial charge in [-0.3, -0.25) is 9.59 Å². The minimum atomic E-state index is -0.420. The second-order valence-corrected chi connectivity index (χ2v) is 7.61. The highest BCUT2D eigenvalue weighted by atomic mass is 16.2. The highest BCUT2D eigenvalue weighted by Crippen LogP contribution is 2.32. The molecular formula is C21H28N4O2. The van der Waals surface area contributed by atoms with Gasteiger partial charge in [0, 0.05) is 19.6 Å². The van der Waals surface area contributed by atoms with E-state index < -0.39 is 6.04 Å². The molecule has 144 valence electrons. The minimum absolute atomic E-state index is 0.0453. The van der Waals surface area contributed by atoms with Crippen LogP contribution >= 0.6 is 0 Å². The van der Waals surface area contributed by atoms with E-state index in [2.05, 4.69) is 45.5 Å². The van der Waals surface area contributed by atoms with Crippen LogP contribution in [0.25, 0.3) is 5.57 Å². The van der Waals surface area contributed by atoms with Crippen LogP contribution in [0.1, 0.15) is 48.4 Å². The van der Waals surface area contributed by atoms with E-state index in [4.69, 9.17) is 0 Å². The van der Waals surface area contributed by atoms with Gasteiger partial charge in [0.2, 0.25) is 11.8 Å². The van der Waals surface area contributed by atoms with E-state index in [0.717, 1.165) is 38.8 Å². The second-order valence-electron chi connectivity index (χ2n) is 7.61. The number of hydrogen-bond acceptors (Lipinski definition) is 4. The van der Waals surface area contributed by atoms with Crippen LogP contribution in [0.5, 0.6) is 0 Å². The maximum atomic E-state index is 12.5. The van der Waals surface area contributed by atoms with Crippen LogP contribution in [-0.4, -0.2) is 44.0 Å². The van der Waals surface area contributed by atoms with E-state index in [9.17, 15) is 9.59 Å². The average Bonchev–Trinajstić information content (AvgIpc) is 2.70. The zero-order chi connectivity index (χ0) is 18.6. The van der Waals surface area contributed by atoms with E-state index in [0.29, 0.717) is 13.1 Å². The molecule has 0 saturated carbocycles. The molecule has 1 fully saturated rings. The first-order valence-electron chi connectivity index (χ1n) is 10.0. The van der Waals surface area contributed by atoms with E-state index in [1.807, 2.05) is 0 Å². The molecule has 1 saturated heterocycles. The molecule has 2 aliphatic heterocycles. The number of amides is 2. The number of benzene rings is 1. The van der Waals surface area contributed by atoms with E-state index >= 15 is 0 Å². The van der Waals surface area contributed by atoms with Gasteiger partial charge < -0.3 is 21.3 Å². The summed E-state index contributed by atoms with van der Waals surface area (Å²) in [4.78, 5) is 24.3. The maximum absolute atomic E-state index is 12.5. The topological polar surface area (TPSA) is 82.3 Å². The molecule has 4 rings (SSSR count). The fraction of sp³-hybridized carbons (Fsp3) is 0.524. The predicted octanol–water partition coefficient (Wildman–Crippen LogP) is 1.04. The molecule has 27 heavy (non-hydrogen) atoms. The molecule has 0 bridgehead atoms. The predicted molar refractivity (Wildman–Crippen MR) is 105 cm³/mol. The Kier molecular flexibility index (Phi) is 5.55. The summed E-state index contributed by atoms with van der Waals surface area (Å²) in [5.74, 6) is -0.145. The summed E-state index contributed by atoms with van der Waals surface area (Å²) in [6.07, 6.45) is 6.62. The summed E-state index contributed by atoms with van der Waals surface area (Å²) in [7, 11) is 0. The molecule has 2 amide bonds. The normalized spacial score (nSPS) is 25.2. The van der Waals surface area contributed by atoms with Crippen molar-refractivity contribution in [3.8, 4) is 0 Å². The number of piperazine rings is 1. The fourth-order valence-electron chi connectivity index (χ4n) is 4.30. The summed E-state index contributed by atoms with van der Waals surface area (Å²) in [6.45, 7) is 3.31. The van der Waals surface area contributed by atoms with Gasteiger partial charge in [-0.15, -0.1) is 0 Å². The molecule has 2 heterocycles. The Bertz CT molecular complexity index is 759. The van der Waals surface area contributed by atoms with E-state index in [1.54, 1.807) is 0 Å². The third-order valence-electron chi connectivity index (χ3n) is 5.75. The smallest absolute Gasteiger partial charge is 0.237 e. The van der Waals surface area contributed by atoms with Crippen LogP contribution in [-0.2, 0) is 16.0 Å². The molecule has 1 aliphatic carbocycles. The number of carbonyl (C=O) groups is 2. The SMILES string of the molecule is O=C(CC1NCCNC1=O)N[C@@H]1CCCc2cc(C3=CCNCC3)ccc21. The summed E-state index contributed by atoms with van der Waals surface area (Å²) in [5, 5.41) is 12.4. The number of fused-ring (bicyclic) bond motifs is 1. The van der Waals surface area contributed by atoms with Crippen LogP contribution in [0.15, 0.2) is 24.3 Å². The van der Waals surface area contributed by atoms with Gasteiger partial charge in [0.15, 0.2) is 0 Å². The van der Waals surface area contributed by atoms with Crippen LogP contribution in [0.3, 0.4) is 0 Å². The average molecular weight is 368 g/mol. The van der Waals surface area contributed by atoms with Crippen LogP contribution < -0.4 is 21.3 Å². The molecule has 2 atom stereocenters. The monoisotopic (exact) mass is 368 g/mol. The zero-order valence-corrected chi connectivity index (χ0v) is 15.6. The Morgan fingerprint density at radius 1 is 1.19 bits per heavy atom. The first-order valence-corrected chi connectivity index (χ1v) is 10.0. The van der Waals surface area contributed by atoms with E-state index in [-0.39, 0.29) is 24.3 Å². The molecule has 1 aromatic rings. The Labute approximate surface area is 160 Å². The Hall–Kier alpha value is -2.18. The quantitative estimate of drug-likeness (QED) is 0.640. The molecule has 1 unspecified atom stereocenters. The van der Waals surface area contributed by atoms with Crippen molar-refractivity contribution in [3.05, 3.63) is 41.0 Å². The first-order chi connectivity index (χ1) is 13.2. The van der Waals surface area contributed by atoms with Crippen LogP contribution in [0.2, 0.25) is 0 Å². The summed E-state index contributed by atoms with van der Waals surface area (Å²) < 4.78 is 0. The Morgan fingerprint density at radius 3 is 2.93 bits per heavy atom. The molecule has 6 nitrogen and oxygen atoms in total. The van der Waals surface area contributed by atoms with Gasteiger partial charge in [-0.1, -0.05) is 24.3 Å². The van der Waals surface area contributed by atoms with Gasteiger partial charge in [0.05, 0.1) is 18.5 Å². The lowest BCUT2D eigenvalue weighted by molar-refractivity contribution is -0.129. The summed E-state index contributed by atoms with van der Waals surface area (Å²) in [6, 6.07) is 6.31. The third kappa shape index (κ3) is 4.22. The van der Waals surface area contributed by atoms with Gasteiger partial charge in [0.1, 0.15) is 0 Å². The maximum Gasteiger partial charge on any atom is 0.237 e. The highest BCUT2D eigenvalue weighted by molar-refractivity contribution is 5.89. The molecule has 3 aliphatic rings. The van der Waals surface area contributed by atoms with Crippen molar-refractivity contribution in [2.75, 3.05) is 26.2 Å². The molecular weight excluding hydrogens is 340 g/mol. The largest absolute Gasteiger partial charge is 0.353 e. The molecule has 4 N–H and O–H groups in total. The third-order valence-corrected chi connectivity index (χ3v) is 5.75. The molecule has 0 radical (unpaired) electrons. The molecule has 1 aromatic carbocycles. The number of carbonyl (C=O) groups excluding carboxylic acids is 2. The zero-order valence-electron chi connectivity index (χ0n) is 15.6. The van der Waals surface area contributed by atoms with Crippen molar-refractivity contribution >= 4 is 17.4 Å². The highest BCUT2D eigenvalue weighted by Gasteiger charge is 2.27. The first kappa shape index (κ1) is 18.2. The number of nitrogens with one attached hydrogen (secondary N) is 4. The van der Waals surface area contributed by atoms with Crippen molar-refractivity contribution in [2.24, 2.45) is 0 Å². The van der Waals surface area contributed by atoms with Gasteiger partial charge in [-0.25, -0.2) is 0 Å². The van der Waals surface area contributed by atoms with Gasteiger partial charge in [-0.2, -0.15) is 0 Å². The number of rotatable bonds is 4. The summed E-state index contributed by atoms with van der Waals surface area (Å²) in [5.41, 5.74) is 5.30. The molecule has 6 heteroatoms. The van der Waals surface area contributed by atoms with Crippen molar-refractivity contribution in [1.82, 2.24) is 21.3 Å². The van der Waals surface area contributed by atoms with Crippen molar-refractivity contribution in [3.63, 3.8) is 0 Å². The van der Waals surface area contributed by atoms with Crippen molar-refractivity contribution < 1.29 is 9.59 Å². The number of hydrogen-bond donors (Lipinski definition) is 4. The minimum Gasteiger partial charge on any atom is -0.353 e.